The van der Waals surface area contributed by atoms with Crippen molar-refractivity contribution in [3.05, 3.63) is 58.1 Å². The van der Waals surface area contributed by atoms with Crippen LogP contribution in [0.4, 0.5) is 5.69 Å². The Labute approximate surface area is 154 Å². The molecule has 0 aliphatic carbocycles. The normalized spacial score (nSPS) is 13.6. The standard InChI is InChI=1S/C17H15NO4S3/c19-25(20,17-4-2-10-24-17)18(12-14-3-1-9-23-14)13-5-6-15-16(11-13)22-8-7-21-15/h1-6,9-11H,7-8,12H2. The van der Waals surface area contributed by atoms with E-state index in [1.54, 1.807) is 35.7 Å². The highest BCUT2D eigenvalue weighted by atomic mass is 32.2. The molecule has 0 saturated carbocycles. The van der Waals surface area contributed by atoms with Gasteiger partial charge in [-0.15, -0.1) is 22.7 Å². The molecule has 1 aliphatic heterocycles. The van der Waals surface area contributed by atoms with Gasteiger partial charge >= 0.3 is 0 Å². The van der Waals surface area contributed by atoms with Gasteiger partial charge < -0.3 is 9.47 Å². The average molecular weight is 394 g/mol. The lowest BCUT2D eigenvalue weighted by molar-refractivity contribution is 0.171. The highest BCUT2D eigenvalue weighted by Gasteiger charge is 2.27. The van der Waals surface area contributed by atoms with Gasteiger partial charge in [-0.3, -0.25) is 4.31 Å². The number of benzene rings is 1. The third kappa shape index (κ3) is 3.24. The molecule has 0 atom stereocenters. The highest BCUT2D eigenvalue weighted by molar-refractivity contribution is 7.94. The van der Waals surface area contributed by atoms with Crippen LogP contribution in [0.1, 0.15) is 4.88 Å². The molecule has 0 radical (unpaired) electrons. The molecular weight excluding hydrogens is 378 g/mol. The Bertz CT molecular complexity index is 950. The topological polar surface area (TPSA) is 55.8 Å². The zero-order valence-electron chi connectivity index (χ0n) is 13.1. The van der Waals surface area contributed by atoms with Crippen molar-refractivity contribution >= 4 is 38.4 Å². The summed E-state index contributed by atoms with van der Waals surface area (Å²) in [6, 6.07) is 12.5. The zero-order valence-corrected chi connectivity index (χ0v) is 15.6. The number of hydrogen-bond donors (Lipinski definition) is 0. The largest absolute Gasteiger partial charge is 0.486 e. The smallest absolute Gasteiger partial charge is 0.274 e. The molecule has 3 aromatic rings. The van der Waals surface area contributed by atoms with E-state index in [4.69, 9.17) is 9.47 Å². The van der Waals surface area contributed by atoms with Crippen molar-refractivity contribution in [2.24, 2.45) is 0 Å². The van der Waals surface area contributed by atoms with E-state index in [0.29, 0.717) is 34.6 Å². The van der Waals surface area contributed by atoms with Crippen molar-refractivity contribution in [2.45, 2.75) is 10.8 Å². The van der Waals surface area contributed by atoms with Crippen LogP contribution < -0.4 is 13.8 Å². The van der Waals surface area contributed by atoms with E-state index < -0.39 is 10.0 Å². The van der Waals surface area contributed by atoms with Crippen molar-refractivity contribution in [1.82, 2.24) is 0 Å². The Balaban J connectivity index is 1.78. The lowest BCUT2D eigenvalue weighted by atomic mass is 10.2. The van der Waals surface area contributed by atoms with Crippen LogP contribution in [0, 0.1) is 0 Å². The minimum atomic E-state index is -3.65. The Morgan fingerprint density at radius 2 is 1.72 bits per heavy atom. The van der Waals surface area contributed by atoms with Gasteiger partial charge in [0.25, 0.3) is 10.0 Å². The van der Waals surface area contributed by atoms with Crippen LogP contribution in [0.3, 0.4) is 0 Å². The Kier molecular flexibility index (Phi) is 4.41. The maximum Gasteiger partial charge on any atom is 0.274 e. The van der Waals surface area contributed by atoms with Crippen LogP contribution in [-0.2, 0) is 16.6 Å². The van der Waals surface area contributed by atoms with E-state index >= 15 is 0 Å². The molecule has 0 spiro atoms. The predicted octanol–water partition coefficient (Wildman–Crippen LogP) is 3.98. The second-order valence-electron chi connectivity index (χ2n) is 5.35. The second-order valence-corrected chi connectivity index (χ2v) is 9.42. The van der Waals surface area contributed by atoms with E-state index in [9.17, 15) is 8.42 Å². The number of ether oxygens (including phenoxy) is 2. The van der Waals surface area contributed by atoms with Gasteiger partial charge in [0.2, 0.25) is 0 Å². The minimum Gasteiger partial charge on any atom is -0.486 e. The van der Waals surface area contributed by atoms with Gasteiger partial charge in [0, 0.05) is 10.9 Å². The van der Waals surface area contributed by atoms with E-state index in [-0.39, 0.29) is 6.54 Å². The molecule has 0 fully saturated rings. The SMILES string of the molecule is O=S(=O)(c1cccs1)N(Cc1cccs1)c1ccc2c(c1)OCCO2. The maximum atomic E-state index is 13.2. The molecule has 1 aromatic carbocycles. The molecule has 5 nitrogen and oxygen atoms in total. The van der Waals surface area contributed by atoms with Gasteiger partial charge in [0.15, 0.2) is 11.5 Å². The van der Waals surface area contributed by atoms with E-state index in [1.807, 2.05) is 17.5 Å². The molecule has 0 N–H and O–H groups in total. The molecule has 1 aliphatic rings. The fraction of sp³-hybridized carbons (Fsp3) is 0.176. The number of anilines is 1. The van der Waals surface area contributed by atoms with Crippen LogP contribution >= 0.6 is 22.7 Å². The summed E-state index contributed by atoms with van der Waals surface area (Å²) in [6.07, 6.45) is 0. The van der Waals surface area contributed by atoms with Gasteiger partial charge in [-0.1, -0.05) is 12.1 Å². The first-order valence-electron chi connectivity index (χ1n) is 7.63. The van der Waals surface area contributed by atoms with E-state index in [0.717, 1.165) is 4.88 Å². The fourth-order valence-corrected chi connectivity index (χ4v) is 5.88. The van der Waals surface area contributed by atoms with Crippen molar-refractivity contribution in [3.8, 4) is 11.5 Å². The molecule has 0 unspecified atom stereocenters. The lowest BCUT2D eigenvalue weighted by Crippen LogP contribution is -2.30. The van der Waals surface area contributed by atoms with E-state index in [2.05, 4.69) is 0 Å². The number of rotatable bonds is 5. The third-order valence-electron chi connectivity index (χ3n) is 3.73. The van der Waals surface area contributed by atoms with E-state index in [1.165, 1.54) is 27.0 Å². The molecule has 130 valence electrons. The van der Waals surface area contributed by atoms with Crippen LogP contribution in [-0.4, -0.2) is 21.6 Å². The van der Waals surface area contributed by atoms with Gasteiger partial charge in [-0.2, -0.15) is 0 Å². The predicted molar refractivity (Wildman–Crippen MR) is 99.4 cm³/mol. The first-order chi connectivity index (χ1) is 12.1. The summed E-state index contributed by atoms with van der Waals surface area (Å²) in [4.78, 5) is 0.968. The molecule has 0 bridgehead atoms. The highest BCUT2D eigenvalue weighted by Crippen LogP contribution is 2.37. The van der Waals surface area contributed by atoms with Gasteiger partial charge in [-0.05, 0) is 35.0 Å². The van der Waals surface area contributed by atoms with Crippen LogP contribution in [0.2, 0.25) is 0 Å². The summed E-state index contributed by atoms with van der Waals surface area (Å²) < 4.78 is 39.2. The summed E-state index contributed by atoms with van der Waals surface area (Å²) >= 11 is 2.74. The molecule has 25 heavy (non-hydrogen) atoms. The quantitative estimate of drug-likeness (QED) is 0.658. The minimum absolute atomic E-state index is 0.275. The summed E-state index contributed by atoms with van der Waals surface area (Å²) in [5, 5.41) is 3.70. The number of nitrogens with zero attached hydrogens (tertiary/aromatic N) is 1. The van der Waals surface area contributed by atoms with Crippen LogP contribution in [0.25, 0.3) is 0 Å². The maximum absolute atomic E-state index is 13.2. The van der Waals surface area contributed by atoms with Gasteiger partial charge in [0.05, 0.1) is 12.2 Å². The zero-order chi connectivity index (χ0) is 17.3. The summed E-state index contributed by atoms with van der Waals surface area (Å²) in [5.74, 6) is 1.21. The molecular formula is C17H15NO4S3. The number of fused-ring (bicyclic) bond motifs is 1. The molecule has 4 rings (SSSR count). The molecule has 3 heterocycles. The molecule has 0 amide bonds. The Morgan fingerprint density at radius 3 is 2.44 bits per heavy atom. The van der Waals surface area contributed by atoms with Crippen LogP contribution in [0.5, 0.6) is 11.5 Å². The van der Waals surface area contributed by atoms with Crippen molar-refractivity contribution < 1.29 is 17.9 Å². The average Bonchev–Trinajstić information content (AvgIpc) is 3.33. The fourth-order valence-electron chi connectivity index (χ4n) is 2.57. The van der Waals surface area contributed by atoms with Crippen molar-refractivity contribution in [1.29, 1.82) is 0 Å². The third-order valence-corrected chi connectivity index (χ3v) is 7.74. The first-order valence-corrected chi connectivity index (χ1v) is 10.8. The summed E-state index contributed by atoms with van der Waals surface area (Å²) in [7, 11) is -3.65. The first kappa shape index (κ1) is 16.4. The van der Waals surface area contributed by atoms with Crippen LogP contribution in [0.15, 0.2) is 57.4 Å². The van der Waals surface area contributed by atoms with Crippen molar-refractivity contribution in [2.75, 3.05) is 17.5 Å². The lowest BCUT2D eigenvalue weighted by Gasteiger charge is -2.25. The molecule has 0 saturated heterocycles. The van der Waals surface area contributed by atoms with Crippen molar-refractivity contribution in [3.63, 3.8) is 0 Å². The molecule has 2 aromatic heterocycles. The number of hydrogen-bond acceptors (Lipinski definition) is 6. The summed E-state index contributed by atoms with van der Waals surface area (Å²) in [5.41, 5.74) is 0.561. The molecule has 8 heteroatoms. The second kappa shape index (κ2) is 6.70. The Morgan fingerprint density at radius 1 is 0.960 bits per heavy atom. The Hall–Kier alpha value is -2.03. The number of sulfonamides is 1. The monoisotopic (exact) mass is 393 g/mol. The van der Waals surface area contributed by atoms with Gasteiger partial charge in [0.1, 0.15) is 17.4 Å². The summed E-state index contributed by atoms with van der Waals surface area (Å²) in [6.45, 7) is 1.23. The van der Waals surface area contributed by atoms with Gasteiger partial charge in [-0.25, -0.2) is 8.42 Å². The number of thiophene rings is 2.